The van der Waals surface area contributed by atoms with Gasteiger partial charge in [0.25, 0.3) is 5.91 Å². The molecule has 2 aromatic rings. The third-order valence-corrected chi connectivity index (χ3v) is 5.61. The van der Waals surface area contributed by atoms with E-state index in [4.69, 9.17) is 9.47 Å². The maximum absolute atomic E-state index is 13.5. The number of methoxy groups -OCH3 is 1. The lowest BCUT2D eigenvalue weighted by molar-refractivity contribution is -0.00902. The molecule has 0 radical (unpaired) electrons. The van der Waals surface area contributed by atoms with Crippen molar-refractivity contribution in [1.29, 1.82) is 0 Å². The van der Waals surface area contributed by atoms with E-state index in [1.165, 1.54) is 0 Å². The molecule has 27 heavy (non-hydrogen) atoms. The van der Waals surface area contributed by atoms with Gasteiger partial charge in [0, 0.05) is 31.3 Å². The zero-order valence-corrected chi connectivity index (χ0v) is 16.5. The summed E-state index contributed by atoms with van der Waals surface area (Å²) >= 11 is 0. The van der Waals surface area contributed by atoms with E-state index in [2.05, 4.69) is 5.10 Å². The number of carbonyl (C=O) groups is 1. The molecule has 0 unspecified atom stereocenters. The highest BCUT2D eigenvalue weighted by Crippen LogP contribution is 2.35. The van der Waals surface area contributed by atoms with Crippen LogP contribution in [0, 0.1) is 0 Å². The molecule has 1 aromatic heterocycles. The maximum atomic E-state index is 13.5. The van der Waals surface area contributed by atoms with Gasteiger partial charge >= 0.3 is 0 Å². The van der Waals surface area contributed by atoms with Crippen LogP contribution in [0.25, 0.3) is 0 Å². The molecule has 0 fully saturated rings. The molecule has 0 saturated carbocycles. The Bertz CT molecular complexity index is 874. The fraction of sp³-hybridized carbons (Fsp3) is 0.524. The van der Waals surface area contributed by atoms with Gasteiger partial charge in [-0.05, 0) is 56.9 Å². The summed E-state index contributed by atoms with van der Waals surface area (Å²) in [4.78, 5) is 15.4. The molecule has 144 valence electrons. The van der Waals surface area contributed by atoms with Crippen LogP contribution in [-0.4, -0.2) is 35.4 Å². The Morgan fingerprint density at radius 1 is 1.30 bits per heavy atom. The quantitative estimate of drug-likeness (QED) is 0.814. The van der Waals surface area contributed by atoms with E-state index >= 15 is 0 Å². The Kier molecular flexibility index (Phi) is 4.68. The number of aromatic nitrogens is 2. The topological polar surface area (TPSA) is 56.6 Å². The second kappa shape index (κ2) is 7.00. The van der Waals surface area contributed by atoms with E-state index in [-0.39, 0.29) is 18.1 Å². The van der Waals surface area contributed by atoms with E-state index in [1.54, 1.807) is 7.11 Å². The number of anilines is 1. The van der Waals surface area contributed by atoms with Crippen LogP contribution in [0.5, 0.6) is 5.75 Å². The van der Waals surface area contributed by atoms with E-state index in [0.29, 0.717) is 12.2 Å². The second-order valence-electron chi connectivity index (χ2n) is 7.54. The SMILES string of the molecule is COc1ccc2c(c1)CCCCN2C(=O)c1nn(C)c2c1C[C@H](C)O[C@@H]2C. The number of hydrogen-bond donors (Lipinski definition) is 0. The molecule has 2 atom stereocenters. The molecule has 1 aromatic carbocycles. The number of rotatable bonds is 2. The molecule has 2 aliphatic heterocycles. The van der Waals surface area contributed by atoms with Gasteiger partial charge in [-0.15, -0.1) is 0 Å². The van der Waals surface area contributed by atoms with Gasteiger partial charge in [-0.2, -0.15) is 5.10 Å². The van der Waals surface area contributed by atoms with Crippen molar-refractivity contribution in [3.63, 3.8) is 0 Å². The first-order chi connectivity index (χ1) is 13.0. The van der Waals surface area contributed by atoms with Gasteiger partial charge in [-0.1, -0.05) is 0 Å². The van der Waals surface area contributed by atoms with Gasteiger partial charge in [0.05, 0.1) is 25.0 Å². The monoisotopic (exact) mass is 369 g/mol. The van der Waals surface area contributed by atoms with Crippen LogP contribution in [0.2, 0.25) is 0 Å². The van der Waals surface area contributed by atoms with Crippen LogP contribution in [-0.2, 0) is 24.6 Å². The zero-order valence-electron chi connectivity index (χ0n) is 16.5. The van der Waals surface area contributed by atoms with Crippen molar-refractivity contribution in [2.45, 2.75) is 51.7 Å². The molecule has 1 amide bonds. The number of amides is 1. The molecule has 2 aliphatic rings. The summed E-state index contributed by atoms with van der Waals surface area (Å²) in [6.07, 6.45) is 3.75. The van der Waals surface area contributed by atoms with Crippen molar-refractivity contribution in [2.24, 2.45) is 7.05 Å². The lowest BCUT2D eigenvalue weighted by atomic mass is 9.99. The Balaban J connectivity index is 1.75. The van der Waals surface area contributed by atoms with Gasteiger partial charge in [0.2, 0.25) is 0 Å². The first kappa shape index (κ1) is 18.0. The molecule has 0 N–H and O–H groups in total. The molecular weight excluding hydrogens is 342 g/mol. The van der Waals surface area contributed by atoms with Crippen molar-refractivity contribution in [3.05, 3.63) is 40.7 Å². The summed E-state index contributed by atoms with van der Waals surface area (Å²) < 4.78 is 13.1. The highest BCUT2D eigenvalue weighted by Gasteiger charge is 2.34. The van der Waals surface area contributed by atoms with Crippen LogP contribution in [0.15, 0.2) is 18.2 Å². The minimum Gasteiger partial charge on any atom is -0.497 e. The summed E-state index contributed by atoms with van der Waals surface area (Å²) in [5.74, 6) is 0.819. The van der Waals surface area contributed by atoms with E-state index in [0.717, 1.165) is 53.9 Å². The van der Waals surface area contributed by atoms with Crippen LogP contribution < -0.4 is 9.64 Å². The smallest absolute Gasteiger partial charge is 0.279 e. The highest BCUT2D eigenvalue weighted by atomic mass is 16.5. The molecule has 0 spiro atoms. The average Bonchev–Trinajstić information content (AvgIpc) is 2.84. The molecule has 0 bridgehead atoms. The normalized spacial score (nSPS) is 22.0. The molecule has 6 heteroatoms. The number of nitrogens with zero attached hydrogens (tertiary/aromatic N) is 3. The molecular formula is C21H27N3O3. The van der Waals surface area contributed by atoms with Gasteiger partial charge < -0.3 is 14.4 Å². The van der Waals surface area contributed by atoms with Crippen molar-refractivity contribution < 1.29 is 14.3 Å². The summed E-state index contributed by atoms with van der Waals surface area (Å²) in [5.41, 5.74) is 4.76. The highest BCUT2D eigenvalue weighted by molar-refractivity contribution is 6.06. The summed E-state index contributed by atoms with van der Waals surface area (Å²) in [5, 5.41) is 4.61. The zero-order chi connectivity index (χ0) is 19.1. The lowest BCUT2D eigenvalue weighted by Crippen LogP contribution is -2.33. The lowest BCUT2D eigenvalue weighted by Gasteiger charge is -2.27. The Hall–Kier alpha value is -2.34. The van der Waals surface area contributed by atoms with Crippen LogP contribution in [0.1, 0.15) is 60.1 Å². The van der Waals surface area contributed by atoms with Gasteiger partial charge in [0.15, 0.2) is 5.69 Å². The fourth-order valence-corrected chi connectivity index (χ4v) is 4.41. The van der Waals surface area contributed by atoms with Crippen molar-refractivity contribution in [2.75, 3.05) is 18.6 Å². The number of ether oxygens (including phenoxy) is 2. The number of fused-ring (bicyclic) bond motifs is 2. The Labute approximate surface area is 160 Å². The van der Waals surface area contributed by atoms with Crippen LogP contribution >= 0.6 is 0 Å². The van der Waals surface area contributed by atoms with Crippen molar-refractivity contribution in [3.8, 4) is 5.75 Å². The predicted molar refractivity (Wildman–Crippen MR) is 103 cm³/mol. The minimum absolute atomic E-state index is 0.0125. The first-order valence-electron chi connectivity index (χ1n) is 9.69. The average molecular weight is 369 g/mol. The van der Waals surface area contributed by atoms with Gasteiger partial charge in [-0.3, -0.25) is 9.48 Å². The first-order valence-corrected chi connectivity index (χ1v) is 9.69. The number of carbonyl (C=O) groups excluding carboxylic acids is 1. The number of aryl methyl sites for hydroxylation is 2. The van der Waals surface area contributed by atoms with E-state index in [9.17, 15) is 4.79 Å². The predicted octanol–water partition coefficient (Wildman–Crippen LogP) is 3.43. The van der Waals surface area contributed by atoms with Gasteiger partial charge in [0.1, 0.15) is 5.75 Å². The second-order valence-corrected chi connectivity index (χ2v) is 7.54. The Morgan fingerprint density at radius 3 is 2.89 bits per heavy atom. The van der Waals surface area contributed by atoms with Gasteiger partial charge in [-0.25, -0.2) is 0 Å². The number of benzene rings is 1. The van der Waals surface area contributed by atoms with Crippen LogP contribution in [0.3, 0.4) is 0 Å². The van der Waals surface area contributed by atoms with E-state index in [1.807, 2.05) is 48.7 Å². The van der Waals surface area contributed by atoms with Crippen molar-refractivity contribution in [1.82, 2.24) is 9.78 Å². The third kappa shape index (κ3) is 3.12. The van der Waals surface area contributed by atoms with Crippen molar-refractivity contribution >= 4 is 11.6 Å². The van der Waals surface area contributed by atoms with Crippen LogP contribution in [0.4, 0.5) is 5.69 Å². The summed E-state index contributed by atoms with van der Waals surface area (Å²) in [6, 6.07) is 5.98. The fourth-order valence-electron chi connectivity index (χ4n) is 4.41. The number of hydrogen-bond acceptors (Lipinski definition) is 4. The Morgan fingerprint density at radius 2 is 2.11 bits per heavy atom. The molecule has 0 saturated heterocycles. The molecule has 0 aliphatic carbocycles. The maximum Gasteiger partial charge on any atom is 0.279 e. The minimum atomic E-state index is -0.0523. The largest absolute Gasteiger partial charge is 0.497 e. The summed E-state index contributed by atoms with van der Waals surface area (Å²) in [6.45, 7) is 4.79. The molecule has 3 heterocycles. The standard InChI is InChI=1S/C21H27N3O3/c1-13-11-17-19(22-23(3)20(17)14(2)27-13)21(25)24-10-6-5-7-15-12-16(26-4)8-9-18(15)24/h8-9,12-14H,5-7,10-11H2,1-4H3/t13-,14+/m0/s1. The third-order valence-electron chi connectivity index (χ3n) is 5.61. The summed E-state index contributed by atoms with van der Waals surface area (Å²) in [7, 11) is 3.57. The van der Waals surface area contributed by atoms with E-state index < -0.39 is 0 Å². The molecule has 4 rings (SSSR count). The molecule has 6 nitrogen and oxygen atoms in total.